The Morgan fingerprint density at radius 1 is 1.33 bits per heavy atom. The first kappa shape index (κ1) is 22.4. The number of methoxy groups -OCH3 is 1. The molecule has 2 heterocycles. The molecule has 0 radical (unpaired) electrons. The number of amides is 3. The van der Waals surface area contributed by atoms with E-state index in [4.69, 9.17) is 4.74 Å². The first-order valence-corrected chi connectivity index (χ1v) is 11.1. The molecule has 0 spiro atoms. The molecule has 0 unspecified atom stereocenters. The van der Waals surface area contributed by atoms with Crippen LogP contribution in [0.25, 0.3) is 0 Å². The van der Waals surface area contributed by atoms with Crippen LogP contribution in [0.4, 0.5) is 19.3 Å². The zero-order valence-corrected chi connectivity index (χ0v) is 17.3. The normalized spacial score (nSPS) is 23.7. The molecule has 1 aromatic rings. The maximum absolute atomic E-state index is 13.7. The van der Waals surface area contributed by atoms with E-state index in [1.165, 1.54) is 7.11 Å². The van der Waals surface area contributed by atoms with Crippen molar-refractivity contribution in [2.24, 2.45) is 0 Å². The number of hydrogen-bond acceptors (Lipinski definition) is 6. The third-order valence-corrected chi connectivity index (χ3v) is 6.86. The molecule has 30 heavy (non-hydrogen) atoms. The molecule has 0 aliphatic carbocycles. The van der Waals surface area contributed by atoms with Crippen LogP contribution in [0.1, 0.15) is 12.8 Å². The van der Waals surface area contributed by atoms with Crippen molar-refractivity contribution in [3.63, 3.8) is 0 Å². The largest absolute Gasteiger partial charge is 0.385 e. The number of nitrogens with zero attached hydrogens (tertiary/aromatic N) is 2. The summed E-state index contributed by atoms with van der Waals surface area (Å²) in [6.07, 6.45) is 0.603. The highest BCUT2D eigenvalue weighted by Gasteiger charge is 2.45. The number of halogens is 2. The Kier molecular flexibility index (Phi) is 6.88. The molecular weight excluding hydrogens is 422 g/mol. The van der Waals surface area contributed by atoms with Crippen LogP contribution >= 0.6 is 0 Å². The molecule has 2 saturated heterocycles. The molecule has 2 fully saturated rings. The van der Waals surface area contributed by atoms with Crippen molar-refractivity contribution in [3.8, 4) is 0 Å². The summed E-state index contributed by atoms with van der Waals surface area (Å²) in [5, 5.41) is 4.89. The highest BCUT2D eigenvalue weighted by Crippen LogP contribution is 2.25. The number of hydrogen-bond donors (Lipinski definition) is 2. The molecule has 0 saturated carbocycles. The average Bonchev–Trinajstić information content (AvgIpc) is 3.05. The Labute approximate surface area is 173 Å². The van der Waals surface area contributed by atoms with Crippen molar-refractivity contribution in [1.29, 1.82) is 0 Å². The van der Waals surface area contributed by atoms with Gasteiger partial charge in [-0.1, -0.05) is 0 Å². The number of ether oxygens (including phenoxy) is 1. The molecule has 2 aliphatic rings. The van der Waals surface area contributed by atoms with Crippen LogP contribution in [-0.2, 0) is 19.6 Å². The molecule has 2 N–H and O–H groups in total. The lowest BCUT2D eigenvalue weighted by atomic mass is 10.1. The lowest BCUT2D eigenvalue weighted by Gasteiger charge is -2.23. The summed E-state index contributed by atoms with van der Waals surface area (Å²) >= 11 is 0. The van der Waals surface area contributed by atoms with Gasteiger partial charge in [-0.3, -0.25) is 9.69 Å². The van der Waals surface area contributed by atoms with E-state index >= 15 is 0 Å². The number of carbonyl (C=O) groups is 2. The molecule has 3 amide bonds. The topological polar surface area (TPSA) is 108 Å². The smallest absolute Gasteiger partial charge is 0.319 e. The summed E-state index contributed by atoms with van der Waals surface area (Å²) in [6.45, 7) is 0.806. The van der Waals surface area contributed by atoms with Gasteiger partial charge in [-0.2, -0.15) is 0 Å². The van der Waals surface area contributed by atoms with Gasteiger partial charge in [0.25, 0.3) is 5.91 Å². The van der Waals surface area contributed by atoms with Crippen LogP contribution in [0.5, 0.6) is 0 Å². The van der Waals surface area contributed by atoms with Gasteiger partial charge in [0.05, 0.1) is 17.5 Å². The number of fused-ring (bicyclic) bond motifs is 1. The third kappa shape index (κ3) is 5.05. The van der Waals surface area contributed by atoms with Gasteiger partial charge in [-0.25, -0.2) is 26.3 Å². The van der Waals surface area contributed by atoms with Crippen molar-refractivity contribution in [1.82, 2.24) is 14.5 Å². The molecule has 2 aliphatic heterocycles. The lowest BCUT2D eigenvalue weighted by molar-refractivity contribution is -0.130. The second kappa shape index (κ2) is 9.23. The van der Waals surface area contributed by atoms with Crippen LogP contribution in [-0.4, -0.2) is 80.7 Å². The molecule has 1 aromatic carbocycles. The Morgan fingerprint density at radius 2 is 2.10 bits per heavy atom. The first-order valence-electron chi connectivity index (χ1n) is 9.51. The number of carbonyl (C=O) groups excluding carboxylic acids is 2. The molecule has 166 valence electrons. The highest BCUT2D eigenvalue weighted by molar-refractivity contribution is 7.89. The summed E-state index contributed by atoms with van der Waals surface area (Å²) in [5.74, 6) is -2.19. The molecule has 9 nitrogen and oxygen atoms in total. The summed E-state index contributed by atoms with van der Waals surface area (Å²) in [4.78, 5) is 26.8. The standard InChI is InChI=1S/C18H24F2N4O5S/c1-29-7-2-5-24-17(25)16-10-13(11-23(16)6-8-30(24,27)28)21-18(26)22-15-9-12(19)3-4-14(15)20/h3-4,9,13,16H,2,5-8,10-11H2,1H3,(H2,21,22,26)/t13-,16-/m0/s1. The predicted molar refractivity (Wildman–Crippen MR) is 104 cm³/mol. The third-order valence-electron chi connectivity index (χ3n) is 5.13. The van der Waals surface area contributed by atoms with Crippen LogP contribution in [0, 0.1) is 11.6 Å². The Bertz CT molecular complexity index is 914. The van der Waals surface area contributed by atoms with E-state index in [1.807, 2.05) is 0 Å². The minimum absolute atomic E-state index is 0.0385. The number of rotatable bonds is 6. The fraction of sp³-hybridized carbons (Fsp3) is 0.556. The maximum Gasteiger partial charge on any atom is 0.319 e. The summed E-state index contributed by atoms with van der Waals surface area (Å²) in [7, 11) is -2.22. The van der Waals surface area contributed by atoms with Crippen molar-refractivity contribution in [2.45, 2.75) is 24.9 Å². The Hall–Kier alpha value is -2.31. The van der Waals surface area contributed by atoms with E-state index < -0.39 is 45.7 Å². The summed E-state index contributed by atoms with van der Waals surface area (Å²) < 4.78 is 57.7. The van der Waals surface area contributed by atoms with Crippen LogP contribution < -0.4 is 10.6 Å². The minimum Gasteiger partial charge on any atom is -0.385 e. The zero-order valence-electron chi connectivity index (χ0n) is 16.4. The predicted octanol–water partition coefficient (Wildman–Crippen LogP) is 0.738. The van der Waals surface area contributed by atoms with Gasteiger partial charge < -0.3 is 15.4 Å². The highest BCUT2D eigenvalue weighted by atomic mass is 32.2. The number of urea groups is 1. The number of nitrogens with one attached hydrogen (secondary N) is 2. The van der Waals surface area contributed by atoms with Gasteiger partial charge >= 0.3 is 6.03 Å². The fourth-order valence-corrected chi connectivity index (χ4v) is 5.19. The zero-order chi connectivity index (χ0) is 21.9. The van der Waals surface area contributed by atoms with Crippen LogP contribution in [0.3, 0.4) is 0 Å². The van der Waals surface area contributed by atoms with Crippen molar-refractivity contribution in [3.05, 3.63) is 29.8 Å². The second-order valence-electron chi connectivity index (χ2n) is 7.24. The van der Waals surface area contributed by atoms with Gasteiger partial charge in [-0.15, -0.1) is 0 Å². The quantitative estimate of drug-likeness (QED) is 0.624. The van der Waals surface area contributed by atoms with E-state index in [0.717, 1.165) is 22.5 Å². The summed E-state index contributed by atoms with van der Waals surface area (Å²) in [5.41, 5.74) is -0.300. The average molecular weight is 446 g/mol. The van der Waals surface area contributed by atoms with Gasteiger partial charge in [0.2, 0.25) is 10.0 Å². The number of sulfonamides is 1. The van der Waals surface area contributed by atoms with E-state index in [-0.39, 0.29) is 37.5 Å². The molecule has 2 atom stereocenters. The minimum atomic E-state index is -3.71. The van der Waals surface area contributed by atoms with E-state index in [0.29, 0.717) is 13.0 Å². The van der Waals surface area contributed by atoms with Gasteiger partial charge in [0, 0.05) is 45.5 Å². The molecule has 0 bridgehead atoms. The van der Waals surface area contributed by atoms with E-state index in [9.17, 15) is 26.8 Å². The molecule has 3 rings (SSSR count). The van der Waals surface area contributed by atoms with Crippen molar-refractivity contribution in [2.75, 3.05) is 44.4 Å². The number of benzene rings is 1. The van der Waals surface area contributed by atoms with Gasteiger partial charge in [0.1, 0.15) is 11.6 Å². The molecule has 12 heteroatoms. The SMILES string of the molecule is COCCCN1C(=O)[C@@H]2C[C@H](NC(=O)Nc3cc(F)ccc3F)CN2CCS1(=O)=O. The lowest BCUT2D eigenvalue weighted by Crippen LogP contribution is -2.45. The Morgan fingerprint density at radius 3 is 2.83 bits per heavy atom. The monoisotopic (exact) mass is 446 g/mol. The van der Waals surface area contributed by atoms with Crippen LogP contribution in [0.15, 0.2) is 18.2 Å². The first-order chi connectivity index (χ1) is 14.2. The summed E-state index contributed by atoms with van der Waals surface area (Å²) in [6, 6.07) is 0.844. The Balaban J connectivity index is 1.63. The maximum atomic E-state index is 13.7. The van der Waals surface area contributed by atoms with E-state index in [2.05, 4.69) is 10.6 Å². The second-order valence-corrected chi connectivity index (χ2v) is 9.25. The van der Waals surface area contributed by atoms with Crippen molar-refractivity contribution >= 4 is 27.6 Å². The van der Waals surface area contributed by atoms with Gasteiger partial charge in [-0.05, 0) is 25.0 Å². The fourth-order valence-electron chi connectivity index (χ4n) is 3.70. The van der Waals surface area contributed by atoms with E-state index in [1.54, 1.807) is 4.90 Å². The molecule has 0 aromatic heterocycles. The van der Waals surface area contributed by atoms with Crippen molar-refractivity contribution < 1.29 is 31.5 Å². The van der Waals surface area contributed by atoms with Gasteiger partial charge in [0.15, 0.2) is 0 Å². The molecular formula is C18H24F2N4O5S. The van der Waals surface area contributed by atoms with Crippen LogP contribution in [0.2, 0.25) is 0 Å². The number of anilines is 1.